The number of hydrogen-bond donors (Lipinski definition) is 0. The van der Waals surface area contributed by atoms with Crippen LogP contribution in [0.4, 0.5) is 0 Å². The molecule has 2 aromatic rings. The lowest BCUT2D eigenvalue weighted by molar-refractivity contribution is 0.537. The highest BCUT2D eigenvalue weighted by Crippen LogP contribution is 2.24. The van der Waals surface area contributed by atoms with Gasteiger partial charge in [0.2, 0.25) is 0 Å². The molecule has 0 radical (unpaired) electrons. The number of rotatable bonds is 1. The van der Waals surface area contributed by atoms with E-state index in [9.17, 15) is 4.79 Å². The first-order valence-corrected chi connectivity index (χ1v) is 5.63. The fourth-order valence-electron chi connectivity index (χ4n) is 2.07. The molecule has 1 aliphatic carbocycles. The predicted octanol–water partition coefficient (Wildman–Crippen LogP) is 3.31. The quantitative estimate of drug-likeness (QED) is 0.743. The molecule has 0 amide bonds. The first kappa shape index (κ1) is 10.1. The number of benzene rings is 1. The Bertz CT molecular complexity index is 678. The van der Waals surface area contributed by atoms with Crippen LogP contribution in [0.3, 0.4) is 0 Å². The first-order valence-electron chi connectivity index (χ1n) is 5.63. The molecule has 84 valence electrons. The highest BCUT2D eigenvalue weighted by molar-refractivity contribution is 5.77. The molecule has 0 saturated heterocycles. The molecule has 0 N–H and O–H groups in total. The van der Waals surface area contributed by atoms with Crippen LogP contribution in [-0.2, 0) is 0 Å². The molecule has 2 heteroatoms. The van der Waals surface area contributed by atoms with Crippen molar-refractivity contribution in [1.29, 1.82) is 0 Å². The Morgan fingerprint density at radius 2 is 1.88 bits per heavy atom. The SMILES string of the molecule is Cc1ccc2oc(C3C=CC=C3)cc(=O)c2c1. The summed E-state index contributed by atoms with van der Waals surface area (Å²) in [5.74, 6) is 0.796. The van der Waals surface area contributed by atoms with Crippen LogP contribution in [0, 0.1) is 6.92 Å². The molecule has 1 aromatic heterocycles. The van der Waals surface area contributed by atoms with Crippen LogP contribution in [0.2, 0.25) is 0 Å². The lowest BCUT2D eigenvalue weighted by atomic mass is 10.1. The zero-order valence-electron chi connectivity index (χ0n) is 9.51. The zero-order chi connectivity index (χ0) is 11.8. The van der Waals surface area contributed by atoms with E-state index in [4.69, 9.17) is 4.42 Å². The molecule has 2 nitrogen and oxygen atoms in total. The van der Waals surface area contributed by atoms with Gasteiger partial charge < -0.3 is 4.42 Å². The van der Waals surface area contributed by atoms with E-state index < -0.39 is 0 Å². The van der Waals surface area contributed by atoms with E-state index in [0.717, 1.165) is 5.56 Å². The van der Waals surface area contributed by atoms with Crippen molar-refractivity contribution in [1.82, 2.24) is 0 Å². The summed E-state index contributed by atoms with van der Waals surface area (Å²) in [6.45, 7) is 1.97. The minimum atomic E-state index is 0.0265. The van der Waals surface area contributed by atoms with Gasteiger partial charge in [-0.05, 0) is 19.1 Å². The third-order valence-corrected chi connectivity index (χ3v) is 2.98. The average Bonchev–Trinajstić information content (AvgIpc) is 2.83. The molecular weight excluding hydrogens is 212 g/mol. The van der Waals surface area contributed by atoms with Crippen molar-refractivity contribution < 1.29 is 4.42 Å². The predicted molar refractivity (Wildman–Crippen MR) is 68.2 cm³/mol. The van der Waals surface area contributed by atoms with Gasteiger partial charge in [0.1, 0.15) is 11.3 Å². The smallest absolute Gasteiger partial charge is 0.192 e. The van der Waals surface area contributed by atoms with Gasteiger partial charge in [0, 0.05) is 6.07 Å². The third kappa shape index (κ3) is 1.72. The monoisotopic (exact) mass is 224 g/mol. The van der Waals surface area contributed by atoms with Crippen molar-refractivity contribution in [2.75, 3.05) is 0 Å². The number of aryl methyl sites for hydroxylation is 1. The van der Waals surface area contributed by atoms with E-state index in [1.54, 1.807) is 6.07 Å². The minimum Gasteiger partial charge on any atom is -0.460 e. The summed E-state index contributed by atoms with van der Waals surface area (Å²) in [6.07, 6.45) is 7.95. The normalized spacial score (nSPS) is 14.9. The molecule has 0 aliphatic heterocycles. The molecule has 0 fully saturated rings. The Hall–Kier alpha value is -2.09. The minimum absolute atomic E-state index is 0.0265. The number of hydrogen-bond acceptors (Lipinski definition) is 2. The van der Waals surface area contributed by atoms with Crippen LogP contribution in [0.15, 0.2) is 57.8 Å². The van der Waals surface area contributed by atoms with Gasteiger partial charge in [0.15, 0.2) is 5.43 Å². The molecule has 1 aliphatic rings. The maximum Gasteiger partial charge on any atom is 0.192 e. The van der Waals surface area contributed by atoms with Gasteiger partial charge in [-0.3, -0.25) is 4.79 Å². The molecule has 17 heavy (non-hydrogen) atoms. The maximum atomic E-state index is 12.0. The molecule has 3 rings (SSSR count). The lowest BCUT2D eigenvalue weighted by Crippen LogP contribution is -2.03. The van der Waals surface area contributed by atoms with Crippen LogP contribution in [0.1, 0.15) is 17.2 Å². The molecular formula is C15H12O2. The van der Waals surface area contributed by atoms with Gasteiger partial charge in [-0.25, -0.2) is 0 Å². The number of fused-ring (bicyclic) bond motifs is 1. The Morgan fingerprint density at radius 3 is 2.65 bits per heavy atom. The Labute approximate surface area is 98.9 Å². The van der Waals surface area contributed by atoms with Gasteiger partial charge in [-0.2, -0.15) is 0 Å². The standard InChI is InChI=1S/C15H12O2/c1-10-6-7-14-12(8-10)13(16)9-15(17-14)11-4-2-3-5-11/h2-9,11H,1H3. The second kappa shape index (κ2) is 3.74. The molecule has 0 unspecified atom stereocenters. The molecule has 0 bridgehead atoms. The van der Waals surface area contributed by atoms with Gasteiger partial charge in [-0.15, -0.1) is 0 Å². The summed E-state index contributed by atoms with van der Waals surface area (Å²) in [7, 11) is 0. The topological polar surface area (TPSA) is 30.2 Å². The highest BCUT2D eigenvalue weighted by atomic mass is 16.3. The average molecular weight is 224 g/mol. The van der Waals surface area contributed by atoms with E-state index in [0.29, 0.717) is 16.7 Å². The van der Waals surface area contributed by atoms with Crippen molar-refractivity contribution in [3.8, 4) is 0 Å². The molecule has 0 spiro atoms. The van der Waals surface area contributed by atoms with Crippen LogP contribution in [0.25, 0.3) is 11.0 Å². The summed E-state index contributed by atoms with van der Waals surface area (Å²) in [5.41, 5.74) is 1.75. The molecule has 1 aromatic carbocycles. The molecule has 0 saturated carbocycles. The fraction of sp³-hybridized carbons (Fsp3) is 0.133. The summed E-state index contributed by atoms with van der Waals surface area (Å²) >= 11 is 0. The van der Waals surface area contributed by atoms with Crippen molar-refractivity contribution in [3.05, 3.63) is 70.1 Å². The zero-order valence-corrected chi connectivity index (χ0v) is 9.51. The second-order valence-electron chi connectivity index (χ2n) is 4.31. The first-order chi connectivity index (χ1) is 8.24. The van der Waals surface area contributed by atoms with Gasteiger partial charge in [0.05, 0.1) is 11.3 Å². The van der Waals surface area contributed by atoms with Gasteiger partial charge in [0.25, 0.3) is 0 Å². The van der Waals surface area contributed by atoms with Crippen molar-refractivity contribution >= 4 is 11.0 Å². The van der Waals surface area contributed by atoms with Gasteiger partial charge >= 0.3 is 0 Å². The summed E-state index contributed by atoms with van der Waals surface area (Å²) in [4.78, 5) is 12.0. The fourth-order valence-corrected chi connectivity index (χ4v) is 2.07. The van der Waals surface area contributed by atoms with E-state index in [2.05, 4.69) is 0 Å². The lowest BCUT2D eigenvalue weighted by Gasteiger charge is -2.06. The third-order valence-electron chi connectivity index (χ3n) is 2.98. The van der Waals surface area contributed by atoms with E-state index in [-0.39, 0.29) is 11.3 Å². The summed E-state index contributed by atoms with van der Waals surface area (Å²) < 4.78 is 5.78. The molecule has 0 atom stereocenters. The van der Waals surface area contributed by atoms with Crippen LogP contribution >= 0.6 is 0 Å². The van der Waals surface area contributed by atoms with Gasteiger partial charge in [-0.1, -0.05) is 35.9 Å². The largest absolute Gasteiger partial charge is 0.460 e. The van der Waals surface area contributed by atoms with Crippen LogP contribution in [0.5, 0.6) is 0 Å². The van der Waals surface area contributed by atoms with Crippen molar-refractivity contribution in [3.63, 3.8) is 0 Å². The van der Waals surface area contributed by atoms with Crippen molar-refractivity contribution in [2.45, 2.75) is 12.8 Å². The highest BCUT2D eigenvalue weighted by Gasteiger charge is 2.12. The molecule has 1 heterocycles. The number of allylic oxidation sites excluding steroid dienone is 4. The van der Waals surface area contributed by atoms with E-state index in [1.165, 1.54) is 0 Å². The van der Waals surface area contributed by atoms with Crippen LogP contribution in [-0.4, -0.2) is 0 Å². The Balaban J connectivity index is 2.24. The maximum absolute atomic E-state index is 12.0. The van der Waals surface area contributed by atoms with E-state index in [1.807, 2.05) is 49.4 Å². The second-order valence-corrected chi connectivity index (χ2v) is 4.31. The van der Waals surface area contributed by atoms with Crippen LogP contribution < -0.4 is 5.43 Å². The Kier molecular flexibility index (Phi) is 2.22. The van der Waals surface area contributed by atoms with E-state index >= 15 is 0 Å². The summed E-state index contributed by atoms with van der Waals surface area (Å²) in [5, 5.41) is 0.653. The van der Waals surface area contributed by atoms with Crippen molar-refractivity contribution in [2.24, 2.45) is 0 Å². The Morgan fingerprint density at radius 1 is 1.12 bits per heavy atom. The summed E-state index contributed by atoms with van der Waals surface area (Å²) in [6, 6.07) is 7.27.